The highest BCUT2D eigenvalue weighted by molar-refractivity contribution is 8.00. The van der Waals surface area contributed by atoms with E-state index in [1.54, 1.807) is 24.3 Å². The zero-order valence-electron chi connectivity index (χ0n) is 14.4. The summed E-state index contributed by atoms with van der Waals surface area (Å²) in [6.45, 7) is 3.92. The number of benzene rings is 2. The SMILES string of the molecule is Cc1ccc(SC(C)C(=O)Nc2cccc(C(=O)NC3CC3)c2)cc1. The third kappa shape index (κ3) is 5.10. The Morgan fingerprint density at radius 2 is 1.84 bits per heavy atom. The summed E-state index contributed by atoms with van der Waals surface area (Å²) in [7, 11) is 0. The van der Waals surface area contributed by atoms with Gasteiger partial charge >= 0.3 is 0 Å². The summed E-state index contributed by atoms with van der Waals surface area (Å²) in [5, 5.41) is 5.62. The fourth-order valence-corrected chi connectivity index (χ4v) is 3.22. The van der Waals surface area contributed by atoms with E-state index in [1.807, 2.05) is 38.1 Å². The maximum Gasteiger partial charge on any atom is 0.251 e. The molecule has 1 aliphatic rings. The molecule has 2 amide bonds. The standard InChI is InChI=1S/C20H22N2O2S/c1-13-6-10-18(11-7-13)25-14(2)19(23)22-17-5-3-4-15(12-17)20(24)21-16-8-9-16/h3-7,10-12,14,16H,8-9H2,1-2H3,(H,21,24)(H,22,23). The molecule has 1 unspecified atom stereocenters. The monoisotopic (exact) mass is 354 g/mol. The number of amides is 2. The molecule has 130 valence electrons. The van der Waals surface area contributed by atoms with Gasteiger partial charge in [-0.1, -0.05) is 23.8 Å². The van der Waals surface area contributed by atoms with Crippen LogP contribution in [0.5, 0.6) is 0 Å². The van der Waals surface area contributed by atoms with Crippen molar-refractivity contribution in [2.24, 2.45) is 0 Å². The molecule has 1 atom stereocenters. The zero-order chi connectivity index (χ0) is 17.8. The van der Waals surface area contributed by atoms with E-state index in [1.165, 1.54) is 17.3 Å². The molecular formula is C20H22N2O2S. The van der Waals surface area contributed by atoms with Gasteiger partial charge in [0.2, 0.25) is 5.91 Å². The molecule has 4 nitrogen and oxygen atoms in total. The van der Waals surface area contributed by atoms with Gasteiger partial charge < -0.3 is 10.6 Å². The van der Waals surface area contributed by atoms with Crippen LogP contribution in [0.25, 0.3) is 0 Å². The Hall–Kier alpha value is -2.27. The molecule has 1 saturated carbocycles. The van der Waals surface area contributed by atoms with E-state index in [-0.39, 0.29) is 17.1 Å². The number of hydrogen-bond acceptors (Lipinski definition) is 3. The highest BCUT2D eigenvalue weighted by Crippen LogP contribution is 2.25. The molecule has 0 saturated heterocycles. The molecule has 0 aromatic heterocycles. The Morgan fingerprint density at radius 1 is 1.12 bits per heavy atom. The molecule has 0 spiro atoms. The lowest BCUT2D eigenvalue weighted by atomic mass is 10.2. The summed E-state index contributed by atoms with van der Waals surface area (Å²) in [5.74, 6) is -0.161. The Labute approximate surface area is 152 Å². The number of hydrogen-bond donors (Lipinski definition) is 2. The molecule has 2 aromatic carbocycles. The van der Waals surface area contributed by atoms with Crippen molar-refractivity contribution >= 4 is 29.3 Å². The first-order valence-corrected chi connectivity index (χ1v) is 9.34. The van der Waals surface area contributed by atoms with Gasteiger partial charge in [-0.3, -0.25) is 9.59 Å². The first-order chi connectivity index (χ1) is 12.0. The van der Waals surface area contributed by atoms with E-state index >= 15 is 0 Å². The van der Waals surface area contributed by atoms with Crippen molar-refractivity contribution in [3.8, 4) is 0 Å². The number of rotatable bonds is 6. The van der Waals surface area contributed by atoms with Crippen LogP contribution in [0, 0.1) is 6.92 Å². The summed E-state index contributed by atoms with van der Waals surface area (Å²) in [6.07, 6.45) is 2.10. The minimum absolute atomic E-state index is 0.0784. The molecule has 0 radical (unpaired) electrons. The van der Waals surface area contributed by atoms with Crippen molar-refractivity contribution in [2.75, 3.05) is 5.32 Å². The largest absolute Gasteiger partial charge is 0.349 e. The van der Waals surface area contributed by atoms with Gasteiger partial charge in [0.1, 0.15) is 0 Å². The predicted molar refractivity (Wildman–Crippen MR) is 102 cm³/mol. The van der Waals surface area contributed by atoms with E-state index in [2.05, 4.69) is 10.6 Å². The van der Waals surface area contributed by atoms with Crippen LogP contribution < -0.4 is 10.6 Å². The molecule has 0 bridgehead atoms. The number of aryl methyl sites for hydroxylation is 1. The van der Waals surface area contributed by atoms with E-state index in [9.17, 15) is 9.59 Å². The summed E-state index contributed by atoms with van der Waals surface area (Å²) in [6, 6.07) is 15.5. The van der Waals surface area contributed by atoms with Gasteiger partial charge in [0.15, 0.2) is 0 Å². The lowest BCUT2D eigenvalue weighted by molar-refractivity contribution is -0.115. The Bertz CT molecular complexity index is 770. The molecule has 2 aromatic rings. The lowest BCUT2D eigenvalue weighted by Crippen LogP contribution is -2.26. The van der Waals surface area contributed by atoms with Crippen molar-refractivity contribution in [1.29, 1.82) is 0 Å². The first-order valence-electron chi connectivity index (χ1n) is 8.46. The summed E-state index contributed by atoms with van der Waals surface area (Å²) < 4.78 is 0. The van der Waals surface area contributed by atoms with E-state index < -0.39 is 0 Å². The molecule has 0 heterocycles. The summed E-state index contributed by atoms with van der Waals surface area (Å²) in [4.78, 5) is 25.6. The van der Waals surface area contributed by atoms with Crippen LogP contribution >= 0.6 is 11.8 Å². The summed E-state index contributed by atoms with van der Waals surface area (Å²) >= 11 is 1.52. The van der Waals surface area contributed by atoms with Gasteiger partial charge in [0, 0.05) is 22.2 Å². The quantitative estimate of drug-likeness (QED) is 0.771. The second kappa shape index (κ2) is 7.74. The Balaban J connectivity index is 1.59. The second-order valence-corrected chi connectivity index (χ2v) is 7.81. The molecule has 1 aliphatic carbocycles. The van der Waals surface area contributed by atoms with Crippen LogP contribution in [0.2, 0.25) is 0 Å². The number of anilines is 1. The van der Waals surface area contributed by atoms with Crippen molar-refractivity contribution < 1.29 is 9.59 Å². The van der Waals surface area contributed by atoms with Gasteiger partial charge in [-0.05, 0) is 57.0 Å². The van der Waals surface area contributed by atoms with Crippen molar-refractivity contribution in [2.45, 2.75) is 42.9 Å². The fraction of sp³-hybridized carbons (Fsp3) is 0.300. The van der Waals surface area contributed by atoms with E-state index in [0.717, 1.165) is 17.7 Å². The average Bonchev–Trinajstić information content (AvgIpc) is 3.41. The molecule has 1 fully saturated rings. The van der Waals surface area contributed by atoms with Crippen molar-refractivity contribution in [3.05, 3.63) is 59.7 Å². The number of carbonyl (C=O) groups excluding carboxylic acids is 2. The zero-order valence-corrected chi connectivity index (χ0v) is 15.2. The highest BCUT2D eigenvalue weighted by Gasteiger charge is 2.24. The molecular weight excluding hydrogens is 332 g/mol. The van der Waals surface area contributed by atoms with E-state index in [4.69, 9.17) is 0 Å². The predicted octanol–water partition coefficient (Wildman–Crippen LogP) is 4.01. The van der Waals surface area contributed by atoms with Gasteiger partial charge in [-0.15, -0.1) is 11.8 Å². The number of thioether (sulfide) groups is 1. The Morgan fingerprint density at radius 3 is 2.52 bits per heavy atom. The molecule has 5 heteroatoms. The molecule has 3 rings (SSSR count). The average molecular weight is 354 g/mol. The van der Waals surface area contributed by atoms with Crippen LogP contribution in [0.3, 0.4) is 0 Å². The fourth-order valence-electron chi connectivity index (χ4n) is 2.35. The first kappa shape index (κ1) is 17.5. The van der Waals surface area contributed by atoms with Crippen molar-refractivity contribution in [3.63, 3.8) is 0 Å². The van der Waals surface area contributed by atoms with Crippen molar-refractivity contribution in [1.82, 2.24) is 5.32 Å². The minimum atomic E-state index is -0.230. The van der Waals surface area contributed by atoms with Gasteiger partial charge in [-0.25, -0.2) is 0 Å². The smallest absolute Gasteiger partial charge is 0.251 e. The summed E-state index contributed by atoms with van der Waals surface area (Å²) in [5.41, 5.74) is 2.41. The van der Waals surface area contributed by atoms with Crippen LogP contribution in [0.1, 0.15) is 35.7 Å². The second-order valence-electron chi connectivity index (χ2n) is 6.39. The lowest BCUT2D eigenvalue weighted by Gasteiger charge is -2.13. The van der Waals surface area contributed by atoms with Gasteiger partial charge in [0.25, 0.3) is 5.91 Å². The third-order valence-electron chi connectivity index (χ3n) is 4.01. The van der Waals surface area contributed by atoms with Crippen LogP contribution in [-0.2, 0) is 4.79 Å². The maximum absolute atomic E-state index is 12.4. The van der Waals surface area contributed by atoms with Crippen LogP contribution in [0.4, 0.5) is 5.69 Å². The Kier molecular flexibility index (Phi) is 5.43. The van der Waals surface area contributed by atoms with Crippen LogP contribution in [-0.4, -0.2) is 23.1 Å². The number of nitrogens with one attached hydrogen (secondary N) is 2. The molecule has 0 aliphatic heterocycles. The topological polar surface area (TPSA) is 58.2 Å². The van der Waals surface area contributed by atoms with Crippen LogP contribution in [0.15, 0.2) is 53.4 Å². The molecule has 2 N–H and O–H groups in total. The van der Waals surface area contributed by atoms with E-state index in [0.29, 0.717) is 17.3 Å². The van der Waals surface area contributed by atoms with Gasteiger partial charge in [-0.2, -0.15) is 0 Å². The minimum Gasteiger partial charge on any atom is -0.349 e. The van der Waals surface area contributed by atoms with Gasteiger partial charge in [0.05, 0.1) is 5.25 Å². The molecule has 25 heavy (non-hydrogen) atoms. The normalized spacial score (nSPS) is 14.6. The number of carbonyl (C=O) groups is 2. The third-order valence-corrected chi connectivity index (χ3v) is 5.12. The highest BCUT2D eigenvalue weighted by atomic mass is 32.2. The maximum atomic E-state index is 12.4.